The summed E-state index contributed by atoms with van der Waals surface area (Å²) in [5, 5.41) is 9.04. The van der Waals surface area contributed by atoms with Crippen molar-refractivity contribution < 1.29 is 31.4 Å². The second-order valence-electron chi connectivity index (χ2n) is 5.03. The molecule has 1 N–H and O–H groups in total. The maximum atomic E-state index is 13.0. The van der Waals surface area contributed by atoms with Crippen LogP contribution < -0.4 is 0 Å². The molecule has 1 nitrogen and oxygen atoms in total. The second kappa shape index (κ2) is 6.68. The molecule has 0 saturated heterocycles. The van der Waals surface area contributed by atoms with Gasteiger partial charge in [-0.25, -0.2) is 0 Å². The number of halogens is 6. The van der Waals surface area contributed by atoms with E-state index in [1.54, 1.807) is 0 Å². The van der Waals surface area contributed by atoms with E-state index < -0.39 is 30.1 Å². The van der Waals surface area contributed by atoms with Gasteiger partial charge in [-0.1, -0.05) is 30.4 Å². The molecule has 0 aromatic heterocycles. The molecule has 2 aromatic rings. The molecule has 24 heavy (non-hydrogen) atoms. The zero-order valence-electron chi connectivity index (χ0n) is 12.1. The highest BCUT2D eigenvalue weighted by molar-refractivity contribution is 5.72. The molecule has 0 aliphatic heterocycles. The molecular formula is C17H12F6O. The lowest BCUT2D eigenvalue weighted by molar-refractivity contribution is -0.138. The van der Waals surface area contributed by atoms with Crippen LogP contribution in [-0.4, -0.2) is 5.11 Å². The number of hydrogen-bond acceptors (Lipinski definition) is 1. The van der Waals surface area contributed by atoms with Crippen LogP contribution in [0.1, 0.15) is 27.8 Å². The Morgan fingerprint density at radius 3 is 2.12 bits per heavy atom. The van der Waals surface area contributed by atoms with Gasteiger partial charge >= 0.3 is 12.4 Å². The molecule has 7 heteroatoms. The molecule has 0 amide bonds. The van der Waals surface area contributed by atoms with Gasteiger partial charge in [0.15, 0.2) is 0 Å². The van der Waals surface area contributed by atoms with E-state index in [2.05, 4.69) is 0 Å². The Bertz CT molecular complexity index is 743. The van der Waals surface area contributed by atoms with Crippen LogP contribution in [0.2, 0.25) is 0 Å². The Kier molecular flexibility index (Phi) is 5.03. The minimum atomic E-state index is -4.61. The molecule has 128 valence electrons. The van der Waals surface area contributed by atoms with E-state index in [9.17, 15) is 26.3 Å². The molecule has 2 aromatic carbocycles. The summed E-state index contributed by atoms with van der Waals surface area (Å²) in [7, 11) is 0. The summed E-state index contributed by atoms with van der Waals surface area (Å²) in [4.78, 5) is 0. The first-order valence-corrected chi connectivity index (χ1v) is 6.77. The summed E-state index contributed by atoms with van der Waals surface area (Å²) in [5.74, 6) is 0. The highest BCUT2D eigenvalue weighted by Gasteiger charge is 2.33. The van der Waals surface area contributed by atoms with Crippen molar-refractivity contribution in [3.05, 3.63) is 70.3 Å². The van der Waals surface area contributed by atoms with E-state index in [4.69, 9.17) is 5.11 Å². The van der Waals surface area contributed by atoms with Crippen LogP contribution in [0.25, 0.3) is 12.2 Å². The first-order valence-electron chi connectivity index (χ1n) is 6.77. The summed E-state index contributed by atoms with van der Waals surface area (Å²) < 4.78 is 76.9. The highest BCUT2D eigenvalue weighted by atomic mass is 19.4. The molecule has 0 fully saturated rings. The molecule has 0 unspecified atom stereocenters. The first-order chi connectivity index (χ1) is 11.1. The zero-order chi connectivity index (χ0) is 18.0. The van der Waals surface area contributed by atoms with E-state index in [1.807, 2.05) is 0 Å². The molecule has 0 atom stereocenters. The second-order valence-corrected chi connectivity index (χ2v) is 5.03. The normalized spacial score (nSPS) is 12.8. The van der Waals surface area contributed by atoms with Gasteiger partial charge in [0.25, 0.3) is 0 Å². The van der Waals surface area contributed by atoms with Crippen molar-refractivity contribution in [3.63, 3.8) is 0 Å². The van der Waals surface area contributed by atoms with Crippen molar-refractivity contribution in [1.29, 1.82) is 0 Å². The lowest BCUT2D eigenvalue weighted by atomic mass is 10.0. The summed E-state index contributed by atoms with van der Waals surface area (Å²) in [6.07, 6.45) is -6.89. The van der Waals surface area contributed by atoms with Gasteiger partial charge in [-0.15, -0.1) is 0 Å². The van der Waals surface area contributed by atoms with Crippen LogP contribution in [0.15, 0.2) is 42.5 Å². The maximum absolute atomic E-state index is 13.0. The molecule has 0 aliphatic carbocycles. The number of rotatable bonds is 3. The maximum Gasteiger partial charge on any atom is 0.416 e. The molecule has 0 aliphatic rings. The number of hydrogen-bond donors (Lipinski definition) is 1. The summed E-state index contributed by atoms with van der Waals surface area (Å²) in [6, 6.07) is 7.38. The van der Waals surface area contributed by atoms with Gasteiger partial charge in [-0.05, 0) is 41.0 Å². The van der Waals surface area contributed by atoms with Gasteiger partial charge in [0, 0.05) is 0 Å². The van der Waals surface area contributed by atoms with Gasteiger partial charge in [0.2, 0.25) is 0 Å². The van der Waals surface area contributed by atoms with E-state index in [0.717, 1.165) is 36.4 Å². The molecule has 0 heterocycles. The average molecular weight is 346 g/mol. The lowest BCUT2D eigenvalue weighted by Gasteiger charge is -2.11. The number of benzene rings is 2. The number of aliphatic hydroxyl groups is 1. The number of alkyl halides is 6. The highest BCUT2D eigenvalue weighted by Crippen LogP contribution is 2.34. The predicted molar refractivity (Wildman–Crippen MR) is 77.7 cm³/mol. The van der Waals surface area contributed by atoms with Gasteiger partial charge in [-0.2, -0.15) is 26.3 Å². The topological polar surface area (TPSA) is 20.2 Å². The Morgan fingerprint density at radius 1 is 0.833 bits per heavy atom. The standard InChI is InChI=1S/C17H12F6O/c18-16(19,20)14-3-1-2-11(9-14)4-6-13-8-12(10-24)5-7-15(13)17(21,22)23/h1-9,24H,10H2. The van der Waals surface area contributed by atoms with Crippen molar-refractivity contribution >= 4 is 12.2 Å². The fourth-order valence-electron chi connectivity index (χ4n) is 2.11. The van der Waals surface area contributed by atoms with Crippen LogP contribution in [0.5, 0.6) is 0 Å². The molecule has 0 saturated carbocycles. The van der Waals surface area contributed by atoms with Gasteiger partial charge in [0.05, 0.1) is 17.7 Å². The third-order valence-electron chi connectivity index (χ3n) is 3.27. The molecule has 2 rings (SSSR count). The van der Waals surface area contributed by atoms with E-state index in [1.165, 1.54) is 18.2 Å². The zero-order valence-corrected chi connectivity index (χ0v) is 12.1. The smallest absolute Gasteiger partial charge is 0.392 e. The van der Waals surface area contributed by atoms with E-state index in [0.29, 0.717) is 0 Å². The lowest BCUT2D eigenvalue weighted by Crippen LogP contribution is -2.07. The van der Waals surface area contributed by atoms with Crippen molar-refractivity contribution in [3.8, 4) is 0 Å². The molecule has 0 radical (unpaired) electrons. The summed E-state index contributed by atoms with van der Waals surface area (Å²) in [5.41, 5.74) is -1.65. The van der Waals surface area contributed by atoms with Gasteiger partial charge in [0.1, 0.15) is 0 Å². The van der Waals surface area contributed by atoms with Crippen molar-refractivity contribution in [1.82, 2.24) is 0 Å². The quantitative estimate of drug-likeness (QED) is 0.584. The minimum Gasteiger partial charge on any atom is -0.392 e. The Hall–Kier alpha value is -2.28. The van der Waals surface area contributed by atoms with Crippen LogP contribution in [-0.2, 0) is 19.0 Å². The third-order valence-corrected chi connectivity index (χ3v) is 3.27. The first kappa shape index (κ1) is 18.1. The van der Waals surface area contributed by atoms with Crippen LogP contribution >= 0.6 is 0 Å². The minimum absolute atomic E-state index is 0.118. The molecule has 0 bridgehead atoms. The molecular weight excluding hydrogens is 334 g/mol. The fourth-order valence-corrected chi connectivity index (χ4v) is 2.11. The number of aliphatic hydroxyl groups excluding tert-OH is 1. The van der Waals surface area contributed by atoms with Crippen LogP contribution in [0.3, 0.4) is 0 Å². The van der Waals surface area contributed by atoms with Gasteiger partial charge in [-0.3, -0.25) is 0 Å². The monoisotopic (exact) mass is 346 g/mol. The fraction of sp³-hybridized carbons (Fsp3) is 0.176. The van der Waals surface area contributed by atoms with E-state index in [-0.39, 0.29) is 16.7 Å². The predicted octanol–water partition coefficient (Wildman–Crippen LogP) is 5.39. The Balaban J connectivity index is 2.42. The van der Waals surface area contributed by atoms with Crippen molar-refractivity contribution in [2.75, 3.05) is 0 Å². The van der Waals surface area contributed by atoms with Crippen LogP contribution in [0, 0.1) is 0 Å². The SMILES string of the molecule is OCc1ccc(C(F)(F)F)c(C=Cc2cccc(C(F)(F)F)c2)c1. The summed E-state index contributed by atoms with van der Waals surface area (Å²) in [6.45, 7) is -0.442. The van der Waals surface area contributed by atoms with Crippen LogP contribution in [0.4, 0.5) is 26.3 Å². The third kappa shape index (κ3) is 4.38. The summed E-state index contributed by atoms with van der Waals surface area (Å²) >= 11 is 0. The Labute approximate surface area is 133 Å². The average Bonchev–Trinajstić information content (AvgIpc) is 2.51. The van der Waals surface area contributed by atoms with Crippen molar-refractivity contribution in [2.24, 2.45) is 0 Å². The van der Waals surface area contributed by atoms with Gasteiger partial charge < -0.3 is 5.11 Å². The largest absolute Gasteiger partial charge is 0.416 e. The van der Waals surface area contributed by atoms with Crippen molar-refractivity contribution in [2.45, 2.75) is 19.0 Å². The molecule has 0 spiro atoms. The Morgan fingerprint density at radius 2 is 1.54 bits per heavy atom. The van der Waals surface area contributed by atoms with E-state index >= 15 is 0 Å².